The van der Waals surface area contributed by atoms with E-state index in [-0.39, 0.29) is 11.2 Å². The van der Waals surface area contributed by atoms with Crippen molar-refractivity contribution in [1.29, 1.82) is 0 Å². The first kappa shape index (κ1) is 15.3. The quantitative estimate of drug-likeness (QED) is 0.832. The van der Waals surface area contributed by atoms with E-state index < -0.39 is 0 Å². The van der Waals surface area contributed by atoms with Gasteiger partial charge in [-0.3, -0.25) is 13.9 Å². The van der Waals surface area contributed by atoms with Crippen molar-refractivity contribution in [3.8, 4) is 0 Å². The van der Waals surface area contributed by atoms with Gasteiger partial charge in [0.25, 0.3) is 5.56 Å². The van der Waals surface area contributed by atoms with Crippen LogP contribution in [-0.4, -0.2) is 27.2 Å². The second kappa shape index (κ2) is 6.11. The Balaban J connectivity index is 2.82. The van der Waals surface area contributed by atoms with Gasteiger partial charge in [-0.25, -0.2) is 9.78 Å². The fraction of sp³-hybridized carbons (Fsp3) is 0.533. The molecule has 0 saturated carbocycles. The van der Waals surface area contributed by atoms with Gasteiger partial charge in [-0.2, -0.15) is 0 Å². The number of pyridine rings is 1. The van der Waals surface area contributed by atoms with E-state index in [1.165, 1.54) is 11.6 Å². The van der Waals surface area contributed by atoms with E-state index in [2.05, 4.69) is 23.7 Å². The summed E-state index contributed by atoms with van der Waals surface area (Å²) in [4.78, 5) is 30.9. The summed E-state index contributed by atoms with van der Waals surface area (Å²) < 4.78 is 2.57. The highest BCUT2D eigenvalue weighted by molar-refractivity contribution is 5.88. The molecule has 21 heavy (non-hydrogen) atoms. The first-order valence-electron chi connectivity index (χ1n) is 7.32. The van der Waals surface area contributed by atoms with Gasteiger partial charge in [0, 0.05) is 33.4 Å². The zero-order valence-corrected chi connectivity index (χ0v) is 13.1. The molecule has 6 nitrogen and oxygen atoms in total. The SMILES string of the molecule is CCCN(CCC)c1ccnc2c1c(=O)n(C)c(=O)n2C. The molecule has 0 saturated heterocycles. The van der Waals surface area contributed by atoms with E-state index in [0.717, 1.165) is 36.2 Å². The smallest absolute Gasteiger partial charge is 0.332 e. The molecule has 0 bridgehead atoms. The maximum absolute atomic E-state index is 12.5. The number of nitrogens with zero attached hydrogens (tertiary/aromatic N) is 4. The lowest BCUT2D eigenvalue weighted by atomic mass is 10.2. The van der Waals surface area contributed by atoms with Crippen molar-refractivity contribution in [1.82, 2.24) is 14.1 Å². The second-order valence-corrected chi connectivity index (χ2v) is 5.22. The summed E-state index contributed by atoms with van der Waals surface area (Å²) in [5.74, 6) is 0. The highest BCUT2D eigenvalue weighted by Gasteiger charge is 2.16. The molecule has 2 aromatic rings. The zero-order valence-electron chi connectivity index (χ0n) is 13.1. The number of rotatable bonds is 5. The summed E-state index contributed by atoms with van der Waals surface area (Å²) in [6.07, 6.45) is 3.65. The average Bonchev–Trinajstić information content (AvgIpc) is 2.50. The fourth-order valence-corrected chi connectivity index (χ4v) is 2.63. The van der Waals surface area contributed by atoms with Gasteiger partial charge >= 0.3 is 5.69 Å². The molecule has 0 fully saturated rings. The molecule has 0 unspecified atom stereocenters. The Kier molecular flexibility index (Phi) is 4.45. The molecule has 6 heteroatoms. The first-order chi connectivity index (χ1) is 10.0. The summed E-state index contributed by atoms with van der Waals surface area (Å²) >= 11 is 0. The summed E-state index contributed by atoms with van der Waals surface area (Å²) in [6.45, 7) is 5.97. The molecule has 2 rings (SSSR count). The Bertz CT molecular complexity index is 755. The summed E-state index contributed by atoms with van der Waals surface area (Å²) in [6, 6.07) is 1.86. The standard InChI is InChI=1S/C15H22N4O2/c1-5-9-19(10-6-2)11-7-8-16-13-12(11)14(20)18(4)15(21)17(13)3/h7-8H,5-6,9-10H2,1-4H3. The highest BCUT2D eigenvalue weighted by atomic mass is 16.2. The lowest BCUT2D eigenvalue weighted by molar-refractivity contribution is 0.703. The first-order valence-corrected chi connectivity index (χ1v) is 7.32. The van der Waals surface area contributed by atoms with Crippen LogP contribution in [0, 0.1) is 0 Å². The predicted molar refractivity (Wildman–Crippen MR) is 85.0 cm³/mol. The van der Waals surface area contributed by atoms with Crippen LogP contribution >= 0.6 is 0 Å². The monoisotopic (exact) mass is 290 g/mol. The maximum atomic E-state index is 12.5. The lowest BCUT2D eigenvalue weighted by Gasteiger charge is -2.25. The van der Waals surface area contributed by atoms with Crippen LogP contribution in [0.25, 0.3) is 11.0 Å². The van der Waals surface area contributed by atoms with Crippen molar-refractivity contribution in [2.24, 2.45) is 14.1 Å². The van der Waals surface area contributed by atoms with Crippen molar-refractivity contribution in [3.05, 3.63) is 33.1 Å². The van der Waals surface area contributed by atoms with Gasteiger partial charge in [-0.15, -0.1) is 0 Å². The Morgan fingerprint density at radius 1 is 1.10 bits per heavy atom. The molecule has 0 spiro atoms. The van der Waals surface area contributed by atoms with Crippen molar-refractivity contribution in [2.75, 3.05) is 18.0 Å². The molecule has 0 aliphatic rings. The maximum Gasteiger partial charge on any atom is 0.332 e. The van der Waals surface area contributed by atoms with E-state index in [1.54, 1.807) is 13.2 Å². The fourth-order valence-electron chi connectivity index (χ4n) is 2.63. The minimum Gasteiger partial charge on any atom is -0.371 e. The number of hydrogen-bond acceptors (Lipinski definition) is 4. The van der Waals surface area contributed by atoms with Gasteiger partial charge < -0.3 is 4.90 Å². The van der Waals surface area contributed by atoms with Gasteiger partial charge in [0.2, 0.25) is 0 Å². The molecule has 0 aromatic carbocycles. The van der Waals surface area contributed by atoms with Gasteiger partial charge in [-0.1, -0.05) is 13.8 Å². The van der Waals surface area contributed by atoms with Gasteiger partial charge in [-0.05, 0) is 18.9 Å². The van der Waals surface area contributed by atoms with Crippen LogP contribution in [0.3, 0.4) is 0 Å². The molecule has 114 valence electrons. The van der Waals surface area contributed by atoms with Crippen LogP contribution < -0.4 is 16.1 Å². The molecular weight excluding hydrogens is 268 g/mol. The van der Waals surface area contributed by atoms with Crippen LogP contribution in [0.1, 0.15) is 26.7 Å². The molecular formula is C15H22N4O2. The van der Waals surface area contributed by atoms with Crippen molar-refractivity contribution < 1.29 is 0 Å². The zero-order chi connectivity index (χ0) is 15.6. The van der Waals surface area contributed by atoms with Crippen LogP contribution in [-0.2, 0) is 14.1 Å². The van der Waals surface area contributed by atoms with E-state index in [1.807, 2.05) is 6.07 Å². The Morgan fingerprint density at radius 3 is 2.29 bits per heavy atom. The van der Waals surface area contributed by atoms with E-state index in [9.17, 15) is 9.59 Å². The number of fused-ring (bicyclic) bond motifs is 1. The summed E-state index contributed by atoms with van der Waals surface area (Å²) in [5, 5.41) is 0.518. The van der Waals surface area contributed by atoms with Crippen molar-refractivity contribution >= 4 is 16.7 Å². The third-order valence-corrected chi connectivity index (χ3v) is 3.65. The van der Waals surface area contributed by atoms with E-state index in [4.69, 9.17) is 0 Å². The van der Waals surface area contributed by atoms with E-state index in [0.29, 0.717) is 11.0 Å². The van der Waals surface area contributed by atoms with Crippen LogP contribution in [0.2, 0.25) is 0 Å². The summed E-state index contributed by atoms with van der Waals surface area (Å²) in [7, 11) is 3.15. The third-order valence-electron chi connectivity index (χ3n) is 3.65. The van der Waals surface area contributed by atoms with Gasteiger partial charge in [0.05, 0.1) is 5.69 Å². The average molecular weight is 290 g/mol. The molecule has 0 atom stereocenters. The summed E-state index contributed by atoms with van der Waals surface area (Å²) in [5.41, 5.74) is 0.667. The molecule has 0 radical (unpaired) electrons. The minimum absolute atomic E-state index is 0.284. The molecule has 0 aliphatic heterocycles. The van der Waals surface area contributed by atoms with Crippen LogP contribution in [0.15, 0.2) is 21.9 Å². The number of aryl methyl sites for hydroxylation is 1. The Morgan fingerprint density at radius 2 is 1.71 bits per heavy atom. The predicted octanol–water partition coefficient (Wildman–Crippen LogP) is 1.26. The second-order valence-electron chi connectivity index (χ2n) is 5.22. The third kappa shape index (κ3) is 2.57. The van der Waals surface area contributed by atoms with Crippen LogP contribution in [0.5, 0.6) is 0 Å². The highest BCUT2D eigenvalue weighted by Crippen LogP contribution is 2.21. The molecule has 2 aromatic heterocycles. The minimum atomic E-state index is -0.352. The van der Waals surface area contributed by atoms with E-state index >= 15 is 0 Å². The molecule has 0 N–H and O–H groups in total. The Hall–Kier alpha value is -2.11. The number of aromatic nitrogens is 3. The number of anilines is 1. The van der Waals surface area contributed by atoms with Gasteiger partial charge in [0.1, 0.15) is 5.39 Å². The molecule has 0 amide bonds. The lowest BCUT2D eigenvalue weighted by Crippen LogP contribution is -2.38. The normalized spacial score (nSPS) is 11.0. The molecule has 0 aliphatic carbocycles. The largest absolute Gasteiger partial charge is 0.371 e. The van der Waals surface area contributed by atoms with Crippen LogP contribution in [0.4, 0.5) is 5.69 Å². The van der Waals surface area contributed by atoms with Crippen molar-refractivity contribution in [3.63, 3.8) is 0 Å². The Labute approximate surface area is 123 Å². The number of hydrogen-bond donors (Lipinski definition) is 0. The van der Waals surface area contributed by atoms with Crippen molar-refractivity contribution in [2.45, 2.75) is 26.7 Å². The topological polar surface area (TPSA) is 60.1 Å². The van der Waals surface area contributed by atoms with Gasteiger partial charge in [0.15, 0.2) is 5.65 Å². The molecule has 2 heterocycles.